The van der Waals surface area contributed by atoms with Gasteiger partial charge in [0.25, 0.3) is 0 Å². The molecule has 2 atom stereocenters. The van der Waals surface area contributed by atoms with Crippen molar-refractivity contribution in [1.82, 2.24) is 5.32 Å². The number of sulfone groups is 1. The van der Waals surface area contributed by atoms with E-state index in [0.29, 0.717) is 23.6 Å². The first-order chi connectivity index (χ1) is 16.2. The lowest BCUT2D eigenvalue weighted by Crippen LogP contribution is -2.32. The normalized spacial score (nSPS) is 13.3. The number of esters is 1. The van der Waals surface area contributed by atoms with Crippen LogP contribution in [0.15, 0.2) is 82.6 Å². The minimum Gasteiger partial charge on any atom is -0.462 e. The summed E-state index contributed by atoms with van der Waals surface area (Å²) in [5, 5.41) is 14.2. The van der Waals surface area contributed by atoms with Crippen molar-refractivity contribution in [2.45, 2.75) is 42.2 Å². The average molecular weight is 502 g/mol. The van der Waals surface area contributed by atoms with Crippen LogP contribution in [0.5, 0.6) is 0 Å². The number of aliphatic hydroxyl groups is 1. The van der Waals surface area contributed by atoms with Crippen molar-refractivity contribution in [2.24, 2.45) is 0 Å². The predicted octanol–water partition coefficient (Wildman–Crippen LogP) is 4.60. The highest BCUT2D eigenvalue weighted by Crippen LogP contribution is 2.22. The maximum atomic E-state index is 12.9. The van der Waals surface area contributed by atoms with Gasteiger partial charge >= 0.3 is 5.97 Å². The van der Waals surface area contributed by atoms with Gasteiger partial charge in [-0.2, -0.15) is 0 Å². The second kappa shape index (κ2) is 11.6. The predicted molar refractivity (Wildman–Crippen MR) is 132 cm³/mol. The maximum Gasteiger partial charge on any atom is 0.338 e. The number of hydrogen-bond acceptors (Lipinski definition) is 6. The van der Waals surface area contributed by atoms with Crippen molar-refractivity contribution < 1.29 is 23.1 Å². The molecular formula is C26H28ClNO5S. The molecule has 0 saturated carbocycles. The molecule has 34 heavy (non-hydrogen) atoms. The van der Waals surface area contributed by atoms with Crippen LogP contribution in [-0.4, -0.2) is 38.7 Å². The third-order valence-corrected chi connectivity index (χ3v) is 7.37. The van der Waals surface area contributed by atoms with Crippen LogP contribution < -0.4 is 5.32 Å². The molecule has 2 N–H and O–H groups in total. The fourth-order valence-electron chi connectivity index (χ4n) is 3.50. The Hall–Kier alpha value is -2.71. The number of nitrogens with one attached hydrogen (secondary N) is 1. The van der Waals surface area contributed by atoms with E-state index >= 15 is 0 Å². The zero-order chi connectivity index (χ0) is 24.7. The Morgan fingerprint density at radius 3 is 2.24 bits per heavy atom. The summed E-state index contributed by atoms with van der Waals surface area (Å²) in [5.74, 6) is -0.487. The fraction of sp³-hybridized carbons (Fsp3) is 0.269. The van der Waals surface area contributed by atoms with Crippen molar-refractivity contribution in [1.29, 1.82) is 0 Å². The summed E-state index contributed by atoms with van der Waals surface area (Å²) in [4.78, 5) is 12.1. The molecule has 3 aromatic carbocycles. The van der Waals surface area contributed by atoms with Crippen LogP contribution in [0.4, 0.5) is 0 Å². The summed E-state index contributed by atoms with van der Waals surface area (Å²) < 4.78 is 30.8. The van der Waals surface area contributed by atoms with Gasteiger partial charge in [0.2, 0.25) is 9.84 Å². The van der Waals surface area contributed by atoms with Gasteiger partial charge in [-0.25, -0.2) is 13.2 Å². The molecule has 3 rings (SSSR count). The summed E-state index contributed by atoms with van der Waals surface area (Å²) in [7, 11) is -3.71. The fourth-order valence-corrected chi connectivity index (χ4v) is 4.96. The number of rotatable bonds is 10. The van der Waals surface area contributed by atoms with Crippen LogP contribution in [0.2, 0.25) is 5.02 Å². The number of aliphatic hydroxyl groups excluding tert-OH is 1. The van der Waals surface area contributed by atoms with Gasteiger partial charge < -0.3 is 15.2 Å². The number of ether oxygens (including phenoxy) is 1. The highest BCUT2D eigenvalue weighted by Gasteiger charge is 2.19. The Bertz CT molecular complexity index is 1210. The minimum atomic E-state index is -3.71. The molecule has 0 aliphatic rings. The van der Waals surface area contributed by atoms with E-state index in [4.69, 9.17) is 16.3 Å². The minimum absolute atomic E-state index is 0.0618. The van der Waals surface area contributed by atoms with E-state index < -0.39 is 21.9 Å². The SMILES string of the molecule is CCOC(=O)c1ccc(S(=O)(=O)c2ccc(C[C@H](C)NC[C@@H](O)c3cccc(Cl)c3)cc2)cc1. The number of halogens is 1. The lowest BCUT2D eigenvalue weighted by molar-refractivity contribution is 0.0526. The molecule has 0 saturated heterocycles. The molecule has 0 fully saturated rings. The summed E-state index contributed by atoms with van der Waals surface area (Å²) >= 11 is 5.98. The number of benzene rings is 3. The van der Waals surface area contributed by atoms with Crippen molar-refractivity contribution >= 4 is 27.4 Å². The zero-order valence-electron chi connectivity index (χ0n) is 19.1. The van der Waals surface area contributed by atoms with Gasteiger partial charge in [0.05, 0.1) is 28.1 Å². The molecule has 8 heteroatoms. The van der Waals surface area contributed by atoms with Gasteiger partial charge in [0.1, 0.15) is 0 Å². The number of carbonyl (C=O) groups excluding carboxylic acids is 1. The van der Waals surface area contributed by atoms with Crippen LogP contribution in [0.25, 0.3) is 0 Å². The Balaban J connectivity index is 1.60. The van der Waals surface area contributed by atoms with E-state index in [1.54, 1.807) is 49.4 Å². The standard InChI is InChI=1S/C26H28ClNO5S/c1-3-33-26(30)20-9-13-24(14-10-20)34(31,32)23-11-7-19(8-12-23)15-18(2)28-17-25(29)21-5-4-6-22(27)16-21/h4-14,16,18,25,28-29H,3,15,17H2,1-2H3/t18-,25+/m0/s1. The van der Waals surface area contributed by atoms with Crippen molar-refractivity contribution in [3.63, 3.8) is 0 Å². The lowest BCUT2D eigenvalue weighted by Gasteiger charge is -2.18. The van der Waals surface area contributed by atoms with Gasteiger partial charge in [-0.05, 0) is 79.9 Å². The number of hydrogen-bond donors (Lipinski definition) is 2. The topological polar surface area (TPSA) is 92.7 Å². The molecule has 6 nitrogen and oxygen atoms in total. The van der Waals surface area contributed by atoms with Crippen LogP contribution in [0.3, 0.4) is 0 Å². The molecule has 180 valence electrons. The first kappa shape index (κ1) is 25.9. The van der Waals surface area contributed by atoms with Gasteiger partial charge in [-0.1, -0.05) is 35.9 Å². The van der Waals surface area contributed by atoms with Gasteiger partial charge in [-0.15, -0.1) is 0 Å². The van der Waals surface area contributed by atoms with Crippen molar-refractivity contribution in [3.05, 3.63) is 94.5 Å². The summed E-state index contributed by atoms with van der Waals surface area (Å²) in [6, 6.07) is 19.6. The smallest absolute Gasteiger partial charge is 0.338 e. The first-order valence-electron chi connectivity index (χ1n) is 11.0. The Morgan fingerprint density at radius 2 is 1.65 bits per heavy atom. The van der Waals surface area contributed by atoms with Crippen LogP contribution in [-0.2, 0) is 21.0 Å². The molecular weight excluding hydrogens is 474 g/mol. The first-order valence-corrected chi connectivity index (χ1v) is 12.8. The Kier molecular flexibility index (Phi) is 8.85. The molecule has 0 aliphatic heterocycles. The Morgan fingerprint density at radius 1 is 1.03 bits per heavy atom. The molecule has 3 aromatic rings. The van der Waals surface area contributed by atoms with E-state index in [-0.39, 0.29) is 22.4 Å². The molecule has 0 heterocycles. The molecule has 0 amide bonds. The van der Waals surface area contributed by atoms with E-state index in [2.05, 4.69) is 5.32 Å². The molecule has 0 unspecified atom stereocenters. The van der Waals surface area contributed by atoms with E-state index in [1.807, 2.05) is 13.0 Å². The third-order valence-electron chi connectivity index (χ3n) is 5.34. The average Bonchev–Trinajstić information content (AvgIpc) is 2.83. The van der Waals surface area contributed by atoms with E-state index in [9.17, 15) is 18.3 Å². The zero-order valence-corrected chi connectivity index (χ0v) is 20.6. The second-order valence-electron chi connectivity index (χ2n) is 7.98. The van der Waals surface area contributed by atoms with Crippen molar-refractivity contribution in [2.75, 3.05) is 13.2 Å². The third kappa shape index (κ3) is 6.67. The highest BCUT2D eigenvalue weighted by molar-refractivity contribution is 7.91. The molecule has 0 bridgehead atoms. The highest BCUT2D eigenvalue weighted by atomic mass is 35.5. The van der Waals surface area contributed by atoms with Gasteiger partial charge in [0, 0.05) is 17.6 Å². The molecule has 0 radical (unpaired) electrons. The largest absolute Gasteiger partial charge is 0.462 e. The number of carbonyl (C=O) groups is 1. The van der Waals surface area contributed by atoms with Crippen LogP contribution in [0.1, 0.15) is 41.4 Å². The molecule has 0 spiro atoms. The second-order valence-corrected chi connectivity index (χ2v) is 10.4. The summed E-state index contributed by atoms with van der Waals surface area (Å²) in [5.41, 5.74) is 2.02. The summed E-state index contributed by atoms with van der Waals surface area (Å²) in [6.45, 7) is 4.33. The quantitative estimate of drug-likeness (QED) is 0.394. The van der Waals surface area contributed by atoms with E-state index in [0.717, 1.165) is 11.1 Å². The van der Waals surface area contributed by atoms with Crippen LogP contribution >= 0.6 is 11.6 Å². The van der Waals surface area contributed by atoms with Gasteiger partial charge in [0.15, 0.2) is 0 Å². The van der Waals surface area contributed by atoms with Crippen LogP contribution in [0, 0.1) is 0 Å². The van der Waals surface area contributed by atoms with Crippen molar-refractivity contribution in [3.8, 4) is 0 Å². The Labute approximate surface area is 205 Å². The molecule has 0 aromatic heterocycles. The lowest BCUT2D eigenvalue weighted by atomic mass is 10.1. The monoisotopic (exact) mass is 501 g/mol. The molecule has 0 aliphatic carbocycles. The summed E-state index contributed by atoms with van der Waals surface area (Å²) in [6.07, 6.45) is -0.0134. The maximum absolute atomic E-state index is 12.9. The van der Waals surface area contributed by atoms with Gasteiger partial charge in [-0.3, -0.25) is 0 Å². The van der Waals surface area contributed by atoms with E-state index in [1.165, 1.54) is 24.3 Å².